The van der Waals surface area contributed by atoms with Crippen LogP contribution in [-0.2, 0) is 21.2 Å². The van der Waals surface area contributed by atoms with Crippen molar-refractivity contribution in [1.29, 1.82) is 0 Å². The number of aromatic nitrogens is 2. The van der Waals surface area contributed by atoms with E-state index in [2.05, 4.69) is 41.5 Å². The predicted octanol–water partition coefficient (Wildman–Crippen LogP) is 4.21. The Balaban J connectivity index is 1.29. The zero-order chi connectivity index (χ0) is 25.7. The van der Waals surface area contributed by atoms with Crippen LogP contribution in [0.25, 0.3) is 0 Å². The van der Waals surface area contributed by atoms with E-state index in [9.17, 15) is 13.2 Å². The molecule has 4 rings (SSSR count). The number of carbonyl (C=O) groups is 1. The normalized spacial score (nSPS) is 15.2. The largest absolute Gasteiger partial charge is 0.497 e. The molecule has 0 bridgehead atoms. The van der Waals surface area contributed by atoms with Crippen LogP contribution in [-0.4, -0.2) is 54.3 Å². The van der Waals surface area contributed by atoms with Crippen molar-refractivity contribution in [2.24, 2.45) is 5.92 Å². The zero-order valence-electron chi connectivity index (χ0n) is 20.5. The average Bonchev–Trinajstić information content (AvgIpc) is 3.31. The fourth-order valence-corrected chi connectivity index (χ4v) is 6.28. The molecule has 0 saturated carbocycles. The van der Waals surface area contributed by atoms with Gasteiger partial charge in [0.2, 0.25) is 21.8 Å². The van der Waals surface area contributed by atoms with Crippen LogP contribution in [0.3, 0.4) is 0 Å². The van der Waals surface area contributed by atoms with Crippen LogP contribution >= 0.6 is 11.8 Å². The SMILES string of the molecule is COc1ccc(S(=O)(=O)N2CCC(C(=O)Nc3nnc(Cc4ccc(SC(C)C)cc4)o3)CC2)cc1. The zero-order valence-corrected chi connectivity index (χ0v) is 22.1. The van der Waals surface area contributed by atoms with E-state index in [1.54, 1.807) is 23.9 Å². The Morgan fingerprint density at radius 3 is 2.39 bits per heavy atom. The van der Waals surface area contributed by atoms with Gasteiger partial charge in [0, 0.05) is 29.2 Å². The van der Waals surface area contributed by atoms with Crippen LogP contribution in [0.4, 0.5) is 6.01 Å². The van der Waals surface area contributed by atoms with Crippen molar-refractivity contribution >= 4 is 33.7 Å². The molecular weight excluding hydrogens is 500 g/mol. The summed E-state index contributed by atoms with van der Waals surface area (Å²) in [7, 11) is -2.10. The second-order valence-electron chi connectivity index (χ2n) is 8.83. The molecule has 1 amide bonds. The number of ether oxygens (including phenoxy) is 1. The first kappa shape index (κ1) is 26.2. The van der Waals surface area contributed by atoms with Gasteiger partial charge in [-0.25, -0.2) is 8.42 Å². The van der Waals surface area contributed by atoms with Crippen LogP contribution in [0, 0.1) is 5.92 Å². The van der Waals surface area contributed by atoms with E-state index in [0.29, 0.717) is 36.2 Å². The summed E-state index contributed by atoms with van der Waals surface area (Å²) in [5.74, 6) is 0.414. The van der Waals surface area contributed by atoms with Crippen molar-refractivity contribution in [3.63, 3.8) is 0 Å². The smallest absolute Gasteiger partial charge is 0.322 e. The Kier molecular flexibility index (Phi) is 8.32. The molecule has 11 heteroatoms. The average molecular weight is 531 g/mol. The Morgan fingerprint density at radius 2 is 1.78 bits per heavy atom. The Labute approximate surface area is 215 Å². The number of methoxy groups -OCH3 is 1. The van der Waals surface area contributed by atoms with Crippen molar-refractivity contribution in [2.75, 3.05) is 25.5 Å². The van der Waals surface area contributed by atoms with E-state index >= 15 is 0 Å². The van der Waals surface area contributed by atoms with E-state index in [1.165, 1.54) is 28.4 Å². The predicted molar refractivity (Wildman–Crippen MR) is 138 cm³/mol. The van der Waals surface area contributed by atoms with Crippen LogP contribution < -0.4 is 10.1 Å². The van der Waals surface area contributed by atoms with Crippen molar-refractivity contribution in [2.45, 2.75) is 48.2 Å². The molecule has 192 valence electrons. The maximum Gasteiger partial charge on any atom is 0.322 e. The Morgan fingerprint density at radius 1 is 1.11 bits per heavy atom. The number of rotatable bonds is 9. The highest BCUT2D eigenvalue weighted by Crippen LogP contribution is 2.26. The number of amides is 1. The third-order valence-corrected chi connectivity index (χ3v) is 8.80. The van der Waals surface area contributed by atoms with Gasteiger partial charge in [0.25, 0.3) is 0 Å². The minimum absolute atomic E-state index is 0.0512. The fraction of sp³-hybridized carbons (Fsp3) is 0.400. The summed E-state index contributed by atoms with van der Waals surface area (Å²) >= 11 is 1.80. The minimum atomic E-state index is -3.63. The molecule has 0 unspecified atom stereocenters. The van der Waals surface area contributed by atoms with E-state index in [4.69, 9.17) is 9.15 Å². The van der Waals surface area contributed by atoms with E-state index < -0.39 is 10.0 Å². The molecule has 2 heterocycles. The summed E-state index contributed by atoms with van der Waals surface area (Å²) in [6.45, 7) is 4.82. The van der Waals surface area contributed by atoms with Gasteiger partial charge in [-0.1, -0.05) is 31.1 Å². The number of hydrogen-bond acceptors (Lipinski definition) is 8. The number of hydrogen-bond donors (Lipinski definition) is 1. The van der Waals surface area contributed by atoms with Gasteiger partial charge in [-0.3, -0.25) is 10.1 Å². The molecule has 2 aromatic carbocycles. The molecule has 1 aliphatic rings. The van der Waals surface area contributed by atoms with Gasteiger partial charge < -0.3 is 9.15 Å². The molecule has 9 nitrogen and oxygen atoms in total. The quantitative estimate of drug-likeness (QED) is 0.409. The molecule has 1 saturated heterocycles. The molecule has 0 radical (unpaired) electrons. The van der Waals surface area contributed by atoms with Gasteiger partial charge >= 0.3 is 6.01 Å². The summed E-state index contributed by atoms with van der Waals surface area (Å²) in [4.78, 5) is 14.1. The molecule has 0 atom stereocenters. The van der Waals surface area contributed by atoms with Gasteiger partial charge in [0.1, 0.15) is 5.75 Å². The molecular formula is C25H30N4O5S2. The number of anilines is 1. The summed E-state index contributed by atoms with van der Waals surface area (Å²) < 4.78 is 38.0. The maximum absolute atomic E-state index is 12.9. The number of nitrogens with one attached hydrogen (secondary N) is 1. The highest BCUT2D eigenvalue weighted by atomic mass is 32.2. The van der Waals surface area contributed by atoms with Crippen LogP contribution in [0.5, 0.6) is 5.75 Å². The van der Waals surface area contributed by atoms with Crippen LogP contribution in [0.15, 0.2) is 62.7 Å². The lowest BCUT2D eigenvalue weighted by atomic mass is 9.97. The van der Waals surface area contributed by atoms with Gasteiger partial charge in [-0.2, -0.15) is 4.31 Å². The first-order valence-electron chi connectivity index (χ1n) is 11.8. The first-order chi connectivity index (χ1) is 17.2. The lowest BCUT2D eigenvalue weighted by Gasteiger charge is -2.30. The minimum Gasteiger partial charge on any atom is -0.497 e. The summed E-state index contributed by atoms with van der Waals surface area (Å²) in [6.07, 6.45) is 1.28. The standard InChI is InChI=1S/C25H30N4O5S2/c1-17(2)35-21-8-4-18(5-9-21)16-23-27-28-25(34-23)26-24(30)19-12-14-29(15-13-19)36(31,32)22-10-6-20(33-3)7-11-22/h4-11,17,19H,12-16H2,1-3H3,(H,26,28,30). The van der Waals surface area contributed by atoms with Crippen molar-refractivity contribution in [1.82, 2.24) is 14.5 Å². The number of carbonyl (C=O) groups excluding carboxylic acids is 1. The molecule has 3 aromatic rings. The second-order valence-corrected chi connectivity index (χ2v) is 12.4. The third-order valence-electron chi connectivity index (χ3n) is 5.87. The number of sulfonamides is 1. The van der Waals surface area contributed by atoms with Crippen LogP contribution in [0.2, 0.25) is 0 Å². The summed E-state index contributed by atoms with van der Waals surface area (Å²) in [5, 5.41) is 11.2. The van der Waals surface area contributed by atoms with Crippen molar-refractivity contribution in [3.8, 4) is 5.75 Å². The van der Waals surface area contributed by atoms with Gasteiger partial charge in [0.05, 0.1) is 18.4 Å². The third kappa shape index (κ3) is 6.45. The summed E-state index contributed by atoms with van der Waals surface area (Å²) in [6, 6.07) is 14.5. The number of benzene rings is 2. The molecule has 1 aromatic heterocycles. The molecule has 1 N–H and O–H groups in total. The fourth-order valence-electron chi connectivity index (χ4n) is 3.97. The maximum atomic E-state index is 12.9. The van der Waals surface area contributed by atoms with E-state index in [-0.39, 0.29) is 35.8 Å². The first-order valence-corrected chi connectivity index (χ1v) is 14.1. The lowest BCUT2D eigenvalue weighted by molar-refractivity contribution is -0.121. The Bertz CT molecular complexity index is 1270. The lowest BCUT2D eigenvalue weighted by Crippen LogP contribution is -2.41. The molecule has 0 spiro atoms. The van der Waals surface area contributed by atoms with E-state index in [1.807, 2.05) is 12.1 Å². The molecule has 1 aliphatic heterocycles. The van der Waals surface area contributed by atoms with E-state index in [0.717, 1.165) is 5.56 Å². The molecule has 1 fully saturated rings. The number of nitrogens with zero attached hydrogens (tertiary/aromatic N) is 3. The second kappa shape index (κ2) is 11.4. The van der Waals surface area contributed by atoms with Gasteiger partial charge in [-0.05, 0) is 54.8 Å². The van der Waals surface area contributed by atoms with Crippen molar-refractivity contribution in [3.05, 3.63) is 60.0 Å². The van der Waals surface area contributed by atoms with Gasteiger partial charge in [-0.15, -0.1) is 16.9 Å². The Hall–Kier alpha value is -2.89. The molecule has 0 aliphatic carbocycles. The monoisotopic (exact) mass is 530 g/mol. The topological polar surface area (TPSA) is 115 Å². The number of thioether (sulfide) groups is 1. The number of piperidine rings is 1. The van der Waals surface area contributed by atoms with Gasteiger partial charge in [0.15, 0.2) is 0 Å². The summed E-state index contributed by atoms with van der Waals surface area (Å²) in [5.41, 5.74) is 1.04. The van der Waals surface area contributed by atoms with Crippen LogP contribution in [0.1, 0.15) is 38.1 Å². The molecule has 36 heavy (non-hydrogen) atoms. The van der Waals surface area contributed by atoms with Crippen molar-refractivity contribution < 1.29 is 22.4 Å². The highest BCUT2D eigenvalue weighted by molar-refractivity contribution is 7.99. The highest BCUT2D eigenvalue weighted by Gasteiger charge is 2.32.